The zero-order chi connectivity index (χ0) is 56.2. The Hall–Kier alpha value is -7.68. The first-order valence-corrected chi connectivity index (χ1v) is 26.5. The van der Waals surface area contributed by atoms with E-state index in [1.807, 2.05) is 72.8 Å². The third kappa shape index (κ3) is 20.0. The number of aryl methyl sites for hydroxylation is 2. The van der Waals surface area contributed by atoms with Crippen LogP contribution in [0.2, 0.25) is 0 Å². The van der Waals surface area contributed by atoms with Gasteiger partial charge in [0.1, 0.15) is 44.0 Å². The molecular weight excluding hydrogens is 1050 g/mol. The molecule has 9 rings (SSSR count). The number of carbonyl (C=O) groups is 2. The summed E-state index contributed by atoms with van der Waals surface area (Å²) >= 11 is 0. The lowest BCUT2D eigenvalue weighted by atomic mass is 9.98. The van der Waals surface area contributed by atoms with Gasteiger partial charge in [0.25, 0.3) is 0 Å². The van der Waals surface area contributed by atoms with Gasteiger partial charge in [-0.1, -0.05) is 181 Å². The van der Waals surface area contributed by atoms with Crippen LogP contribution in [0.3, 0.4) is 0 Å². The zero-order valence-electron chi connectivity index (χ0n) is 42.6. The Labute approximate surface area is 456 Å². The van der Waals surface area contributed by atoms with Crippen molar-refractivity contribution >= 4 is 12.1 Å². The average molecular weight is 1100 g/mol. The summed E-state index contributed by atoms with van der Waals surface area (Å²) in [5, 5.41) is 11.6. The first kappa shape index (κ1) is 59.6. The van der Waals surface area contributed by atoms with E-state index in [1.54, 1.807) is 6.92 Å². The number of aliphatic hydroxyl groups excluding tert-OH is 1. The molecule has 0 radical (unpaired) electrons. The number of alkyl carbamates (subject to hydrolysis) is 1. The summed E-state index contributed by atoms with van der Waals surface area (Å²) in [6.45, 7) is 7.05. The molecule has 1 amide bonds. The topological polar surface area (TPSA) is 288 Å². The standard InChI is InChI=1S/C39H35NO5.C21H20O2.2ClHO4/c1-26-11-17-30(18-12-26)31-19-13-28(14-20-31)23-43-32-21-15-29(16-22-32)24-44-38(41)27(2)40-39(42)45-25-37-35-9-5-3-7-33(35)34-8-4-6-10-36(34)37;1-16-2-8-19(9-3-16)20-10-4-18(5-11-20)15-23-21-12-6-17(14-22)7-13-21;2*2-1(3,4)5/h3-22,27,37H,23-25H2,1-2H3,(H,40,42);2-13,22H,14-15H2,1H3;2*(H,2,3,4,5)/p-2. The number of rotatable bonds is 15. The van der Waals surface area contributed by atoms with Gasteiger partial charge in [0, 0.05) is 5.92 Å². The predicted octanol–water partition coefficient (Wildman–Crippen LogP) is 3.43. The number of carbonyl (C=O) groups excluding carboxylic acids is 2. The fourth-order valence-electron chi connectivity index (χ4n) is 7.94. The van der Waals surface area contributed by atoms with Crippen molar-refractivity contribution in [2.45, 2.75) is 59.2 Å². The number of amides is 1. The highest BCUT2D eigenvalue weighted by Crippen LogP contribution is 2.44. The van der Waals surface area contributed by atoms with E-state index >= 15 is 0 Å². The van der Waals surface area contributed by atoms with Crippen molar-refractivity contribution in [2.24, 2.45) is 0 Å². The van der Waals surface area contributed by atoms with Crippen LogP contribution >= 0.6 is 0 Å². The van der Waals surface area contributed by atoms with Gasteiger partial charge >= 0.3 is 12.1 Å². The molecule has 8 aromatic rings. The lowest BCUT2D eigenvalue weighted by Gasteiger charge is -2.17. The van der Waals surface area contributed by atoms with Crippen molar-refractivity contribution in [3.05, 3.63) is 239 Å². The molecule has 0 heterocycles. The van der Waals surface area contributed by atoms with Crippen molar-refractivity contribution < 1.29 is 91.4 Å². The van der Waals surface area contributed by atoms with E-state index in [0.29, 0.717) is 13.2 Å². The number of fused-ring (bicyclic) bond motifs is 3. The SMILES string of the molecule is Cc1ccc(-c2ccc(COc3ccc(CO)cc3)cc2)cc1.Cc1ccc(-c2ccc(COc3ccc(COC(=O)C(C)NC(=O)OCC4c5ccccc5-c5ccccc54)cc3)cc2)cc1.[O-][Cl+3]([O-])([O-])[O-].[O-][Cl+3]([O-])([O-])[O-]. The molecule has 1 aliphatic rings. The van der Waals surface area contributed by atoms with Crippen LogP contribution < -0.4 is 52.1 Å². The van der Waals surface area contributed by atoms with E-state index in [-0.39, 0.29) is 25.7 Å². The van der Waals surface area contributed by atoms with Crippen LogP contribution in [0.1, 0.15) is 57.3 Å². The molecule has 78 heavy (non-hydrogen) atoms. The van der Waals surface area contributed by atoms with Gasteiger partial charge in [0.15, 0.2) is 0 Å². The maximum atomic E-state index is 12.6. The Morgan fingerprint density at radius 1 is 0.474 bits per heavy atom. The third-order valence-corrected chi connectivity index (χ3v) is 11.9. The van der Waals surface area contributed by atoms with Gasteiger partial charge in [0.2, 0.25) is 0 Å². The van der Waals surface area contributed by atoms with Crippen molar-refractivity contribution in [1.29, 1.82) is 0 Å². The highest BCUT2D eigenvalue weighted by atomic mass is 35.7. The lowest BCUT2D eigenvalue weighted by molar-refractivity contribution is -2.00. The van der Waals surface area contributed by atoms with Crippen LogP contribution in [-0.2, 0) is 40.7 Å². The largest absolute Gasteiger partial charge is 0.489 e. The molecule has 1 aliphatic carbocycles. The van der Waals surface area contributed by atoms with Crippen LogP contribution in [0.25, 0.3) is 33.4 Å². The monoisotopic (exact) mass is 1100 g/mol. The second-order valence-corrected chi connectivity index (χ2v) is 19.2. The highest BCUT2D eigenvalue weighted by molar-refractivity contribution is 5.82. The van der Waals surface area contributed by atoms with E-state index in [4.69, 9.17) is 61.3 Å². The second-order valence-electron chi connectivity index (χ2n) is 17.7. The van der Waals surface area contributed by atoms with Crippen LogP contribution in [0.5, 0.6) is 11.5 Å². The van der Waals surface area contributed by atoms with Crippen molar-refractivity contribution in [3.63, 3.8) is 0 Å². The van der Waals surface area contributed by atoms with E-state index in [0.717, 1.165) is 56.0 Å². The summed E-state index contributed by atoms with van der Waals surface area (Å²) in [7, 11) is -9.89. The van der Waals surface area contributed by atoms with Crippen molar-refractivity contribution in [3.8, 4) is 44.9 Å². The Kier molecular flexibility index (Phi) is 21.9. The van der Waals surface area contributed by atoms with E-state index in [1.165, 1.54) is 33.4 Å². The number of ether oxygens (including phenoxy) is 4. The minimum atomic E-state index is -4.94. The van der Waals surface area contributed by atoms with Crippen LogP contribution in [0.4, 0.5) is 4.79 Å². The van der Waals surface area contributed by atoms with Gasteiger partial charge in [-0.25, -0.2) is 46.9 Å². The normalized spacial score (nSPS) is 11.8. The smallest absolute Gasteiger partial charge is 0.407 e. The summed E-state index contributed by atoms with van der Waals surface area (Å²) in [5.74, 6) is 0.933. The Balaban J connectivity index is 0.000000247. The summed E-state index contributed by atoms with van der Waals surface area (Å²) in [6.07, 6.45) is -0.660. The highest BCUT2D eigenvalue weighted by Gasteiger charge is 2.29. The molecule has 0 bridgehead atoms. The quantitative estimate of drug-likeness (QED) is 0.139. The summed E-state index contributed by atoms with van der Waals surface area (Å²) in [6, 6.07) is 64.1. The maximum absolute atomic E-state index is 12.6. The molecule has 1 atom stereocenters. The van der Waals surface area contributed by atoms with Crippen LogP contribution in [0, 0.1) is 34.3 Å². The van der Waals surface area contributed by atoms with Gasteiger partial charge in [-0.2, -0.15) is 0 Å². The average Bonchev–Trinajstić information content (AvgIpc) is 3.81. The molecule has 18 heteroatoms. The van der Waals surface area contributed by atoms with Gasteiger partial charge < -0.3 is 29.4 Å². The number of hydrogen-bond acceptors (Lipinski definition) is 15. The number of nitrogens with one attached hydrogen (secondary N) is 1. The first-order valence-electron chi connectivity index (χ1n) is 24.1. The number of halogens is 2. The Morgan fingerprint density at radius 2 is 0.808 bits per heavy atom. The van der Waals surface area contributed by atoms with E-state index in [9.17, 15) is 9.59 Å². The fraction of sp³-hybridized carbons (Fsp3) is 0.167. The zero-order valence-corrected chi connectivity index (χ0v) is 44.1. The molecular formula is C60H55Cl2NO15-2. The molecule has 2 N–H and O–H groups in total. The molecule has 406 valence electrons. The molecule has 0 saturated heterocycles. The molecule has 0 aromatic heterocycles. The Bertz CT molecular complexity index is 3060. The van der Waals surface area contributed by atoms with Crippen LogP contribution in [0.15, 0.2) is 194 Å². The molecule has 1 unspecified atom stereocenters. The number of esters is 1. The molecule has 0 spiro atoms. The van der Waals surface area contributed by atoms with Gasteiger partial charge in [-0.3, -0.25) is 0 Å². The third-order valence-electron chi connectivity index (χ3n) is 11.9. The van der Waals surface area contributed by atoms with Crippen molar-refractivity contribution in [2.75, 3.05) is 6.61 Å². The fourth-order valence-corrected chi connectivity index (χ4v) is 7.94. The molecule has 0 aliphatic heterocycles. The number of aliphatic hydroxyl groups is 1. The molecule has 16 nitrogen and oxygen atoms in total. The minimum absolute atomic E-state index is 0.0537. The van der Waals surface area contributed by atoms with E-state index < -0.39 is 38.6 Å². The molecule has 0 fully saturated rings. The predicted molar refractivity (Wildman–Crippen MR) is 268 cm³/mol. The van der Waals surface area contributed by atoms with Gasteiger partial charge in [-0.15, -0.1) is 20.5 Å². The van der Waals surface area contributed by atoms with Gasteiger partial charge in [0.05, 0.1) is 6.61 Å². The van der Waals surface area contributed by atoms with Crippen LogP contribution in [-0.4, -0.2) is 29.8 Å². The Morgan fingerprint density at radius 3 is 1.19 bits per heavy atom. The summed E-state index contributed by atoms with van der Waals surface area (Å²) in [5.41, 5.74) is 15.8. The second kappa shape index (κ2) is 28.6. The molecule has 8 aromatic carbocycles. The molecule has 0 saturated carbocycles. The number of benzene rings is 8. The summed E-state index contributed by atoms with van der Waals surface area (Å²) in [4.78, 5) is 25.1. The minimum Gasteiger partial charge on any atom is -0.489 e. The van der Waals surface area contributed by atoms with Gasteiger partial charge in [-0.05, 0) is 112 Å². The lowest BCUT2D eigenvalue weighted by Crippen LogP contribution is -2.68. The maximum Gasteiger partial charge on any atom is 0.407 e. The van der Waals surface area contributed by atoms with Crippen molar-refractivity contribution in [1.82, 2.24) is 5.32 Å². The summed E-state index contributed by atoms with van der Waals surface area (Å²) < 4.78 is 90.6. The first-order chi connectivity index (χ1) is 37.2. The number of hydrogen-bond donors (Lipinski definition) is 2. The van der Waals surface area contributed by atoms with E-state index in [2.05, 4.69) is 140 Å².